The van der Waals surface area contributed by atoms with Crippen LogP contribution in [-0.4, -0.2) is 23.3 Å². The van der Waals surface area contributed by atoms with Crippen molar-refractivity contribution in [1.82, 2.24) is 9.97 Å². The van der Waals surface area contributed by atoms with Gasteiger partial charge in [0.25, 0.3) is 0 Å². The molecular formula is C10H10F3N3OS. The number of thiazole rings is 1. The van der Waals surface area contributed by atoms with Crippen molar-refractivity contribution in [3.8, 4) is 0 Å². The first-order chi connectivity index (χ1) is 8.34. The van der Waals surface area contributed by atoms with E-state index in [1.807, 2.05) is 0 Å². The van der Waals surface area contributed by atoms with Gasteiger partial charge in [-0.15, -0.1) is 0 Å². The molecule has 8 heteroatoms. The number of pyridine rings is 1. The van der Waals surface area contributed by atoms with Gasteiger partial charge in [-0.05, 0) is 6.92 Å². The lowest BCUT2D eigenvalue weighted by Gasteiger charge is -2.20. The van der Waals surface area contributed by atoms with Crippen molar-refractivity contribution in [1.29, 1.82) is 0 Å². The molecule has 0 aliphatic carbocycles. The van der Waals surface area contributed by atoms with E-state index < -0.39 is 12.3 Å². The molecule has 0 bridgehead atoms. The quantitative estimate of drug-likeness (QED) is 0.917. The molecule has 0 aromatic carbocycles. The number of methoxy groups -OCH3 is 1. The number of halogens is 3. The largest absolute Gasteiger partial charge is 0.419 e. The van der Waals surface area contributed by atoms with Crippen LogP contribution in [0.3, 0.4) is 0 Å². The van der Waals surface area contributed by atoms with Gasteiger partial charge in [0.15, 0.2) is 6.10 Å². The van der Waals surface area contributed by atoms with Gasteiger partial charge in [0.1, 0.15) is 10.3 Å². The van der Waals surface area contributed by atoms with E-state index in [2.05, 4.69) is 14.7 Å². The van der Waals surface area contributed by atoms with E-state index in [1.54, 1.807) is 6.92 Å². The molecule has 2 aromatic heterocycles. The Morgan fingerprint density at radius 2 is 2.11 bits per heavy atom. The maximum atomic E-state index is 12.9. The molecular weight excluding hydrogens is 267 g/mol. The number of aromatic nitrogens is 2. The summed E-state index contributed by atoms with van der Waals surface area (Å²) in [6.07, 6.45) is -5.44. The van der Waals surface area contributed by atoms with Crippen LogP contribution >= 0.6 is 11.3 Å². The average Bonchev–Trinajstić information content (AvgIpc) is 2.61. The summed E-state index contributed by atoms with van der Waals surface area (Å²) < 4.78 is 43.2. The number of fused-ring (bicyclic) bond motifs is 1. The van der Waals surface area contributed by atoms with Crippen molar-refractivity contribution in [3.63, 3.8) is 0 Å². The van der Waals surface area contributed by atoms with E-state index in [-0.39, 0.29) is 16.8 Å². The molecule has 4 nitrogen and oxygen atoms in total. The summed E-state index contributed by atoms with van der Waals surface area (Å²) in [7, 11) is 0.989. The monoisotopic (exact) mass is 277 g/mol. The lowest BCUT2D eigenvalue weighted by molar-refractivity contribution is -0.215. The first-order valence-corrected chi connectivity index (χ1v) is 5.77. The van der Waals surface area contributed by atoms with E-state index in [4.69, 9.17) is 5.73 Å². The summed E-state index contributed by atoms with van der Waals surface area (Å²) in [6.45, 7) is 1.70. The van der Waals surface area contributed by atoms with Gasteiger partial charge >= 0.3 is 6.18 Å². The normalized spacial score (nSPS) is 14.1. The molecule has 18 heavy (non-hydrogen) atoms. The first-order valence-electron chi connectivity index (χ1n) is 4.95. The Kier molecular flexibility index (Phi) is 3.16. The summed E-state index contributed by atoms with van der Waals surface area (Å²) in [5, 5.41) is 0.626. The molecule has 2 aromatic rings. The minimum Gasteiger partial charge on any atom is -0.397 e. The number of alkyl halides is 3. The van der Waals surface area contributed by atoms with Gasteiger partial charge in [-0.3, -0.25) is 0 Å². The number of aryl methyl sites for hydroxylation is 1. The Bertz CT molecular complexity index is 581. The Balaban J connectivity index is 2.71. The Morgan fingerprint density at radius 3 is 2.67 bits per heavy atom. The molecule has 98 valence electrons. The summed E-state index contributed by atoms with van der Waals surface area (Å²) >= 11 is 1.21. The maximum absolute atomic E-state index is 12.9. The van der Waals surface area contributed by atoms with Gasteiger partial charge in [-0.2, -0.15) is 13.2 Å². The Hall–Kier alpha value is -1.41. The second-order valence-electron chi connectivity index (χ2n) is 3.67. The molecule has 0 fully saturated rings. The number of hydrogen-bond donors (Lipinski definition) is 1. The van der Waals surface area contributed by atoms with Crippen molar-refractivity contribution < 1.29 is 17.9 Å². The van der Waals surface area contributed by atoms with Crippen molar-refractivity contribution in [2.24, 2.45) is 0 Å². The molecule has 1 unspecified atom stereocenters. The van der Waals surface area contributed by atoms with Gasteiger partial charge in [0, 0.05) is 12.7 Å². The van der Waals surface area contributed by atoms with Crippen molar-refractivity contribution in [2.75, 3.05) is 12.8 Å². The maximum Gasteiger partial charge on any atom is 0.419 e. The second kappa shape index (κ2) is 4.36. The van der Waals surface area contributed by atoms with Crippen LogP contribution in [-0.2, 0) is 4.74 Å². The SMILES string of the molecule is COC(c1c(N)cnc2sc(C)nc12)C(F)(F)F. The average molecular weight is 277 g/mol. The number of nitrogen functional groups attached to an aromatic ring is 1. The van der Waals surface area contributed by atoms with Crippen molar-refractivity contribution in [2.45, 2.75) is 19.2 Å². The van der Waals surface area contributed by atoms with Crippen LogP contribution in [0.15, 0.2) is 6.20 Å². The summed E-state index contributed by atoms with van der Waals surface area (Å²) in [5.74, 6) is 0. The molecule has 2 rings (SSSR count). The Morgan fingerprint density at radius 1 is 1.44 bits per heavy atom. The third kappa shape index (κ3) is 2.13. The summed E-state index contributed by atoms with van der Waals surface area (Å²) in [6, 6.07) is 0. The molecule has 2 N–H and O–H groups in total. The lowest BCUT2D eigenvalue weighted by Crippen LogP contribution is -2.24. The first kappa shape index (κ1) is 13.0. The number of nitrogens with zero attached hydrogens (tertiary/aromatic N) is 2. The van der Waals surface area contributed by atoms with E-state index in [1.165, 1.54) is 17.5 Å². The molecule has 0 amide bonds. The number of hydrogen-bond acceptors (Lipinski definition) is 5. The smallest absolute Gasteiger partial charge is 0.397 e. The molecule has 0 saturated heterocycles. The third-order valence-electron chi connectivity index (χ3n) is 2.40. The fourth-order valence-corrected chi connectivity index (χ4v) is 2.48. The second-order valence-corrected chi connectivity index (χ2v) is 4.85. The van der Waals surface area contributed by atoms with Gasteiger partial charge in [-0.1, -0.05) is 11.3 Å². The van der Waals surface area contributed by atoms with Gasteiger partial charge in [0.05, 0.1) is 16.9 Å². The lowest BCUT2D eigenvalue weighted by atomic mass is 10.1. The topological polar surface area (TPSA) is 61.0 Å². The molecule has 2 heterocycles. The number of nitrogens with two attached hydrogens (primary N) is 1. The predicted octanol–water partition coefficient (Wildman–Crippen LogP) is 2.83. The molecule has 0 aliphatic rings. The molecule has 0 aliphatic heterocycles. The van der Waals surface area contributed by atoms with E-state index in [9.17, 15) is 13.2 Å². The van der Waals surface area contributed by atoms with Crippen molar-refractivity contribution in [3.05, 3.63) is 16.8 Å². The van der Waals surface area contributed by atoms with Gasteiger partial charge < -0.3 is 10.5 Å². The standard InChI is InChI=1S/C10H10F3N3OS/c1-4-16-7-6(8(17-2)10(11,12)13)5(14)3-15-9(7)18-4/h3,8H,14H2,1-2H3. The zero-order chi connectivity index (χ0) is 13.5. The highest BCUT2D eigenvalue weighted by atomic mass is 32.1. The fourth-order valence-electron chi connectivity index (χ4n) is 1.70. The van der Waals surface area contributed by atoms with Crippen LogP contribution in [0.1, 0.15) is 16.7 Å². The van der Waals surface area contributed by atoms with E-state index in [0.29, 0.717) is 9.84 Å². The van der Waals surface area contributed by atoms with Crippen LogP contribution in [0.25, 0.3) is 10.3 Å². The van der Waals surface area contributed by atoms with Crippen LogP contribution in [0.5, 0.6) is 0 Å². The third-order valence-corrected chi connectivity index (χ3v) is 3.28. The molecule has 1 atom stereocenters. The van der Waals surface area contributed by atoms with Gasteiger partial charge in [-0.25, -0.2) is 9.97 Å². The van der Waals surface area contributed by atoms with Crippen LogP contribution in [0.2, 0.25) is 0 Å². The van der Waals surface area contributed by atoms with E-state index in [0.717, 1.165) is 7.11 Å². The Labute approximate surface area is 105 Å². The minimum atomic E-state index is -4.55. The fraction of sp³-hybridized carbons (Fsp3) is 0.400. The highest BCUT2D eigenvalue weighted by Gasteiger charge is 2.43. The summed E-state index contributed by atoms with van der Waals surface area (Å²) in [5.41, 5.74) is 5.51. The zero-order valence-electron chi connectivity index (χ0n) is 9.58. The van der Waals surface area contributed by atoms with Crippen LogP contribution in [0, 0.1) is 6.92 Å². The number of rotatable bonds is 2. The highest BCUT2D eigenvalue weighted by Crippen LogP contribution is 2.41. The zero-order valence-corrected chi connectivity index (χ0v) is 10.4. The molecule has 0 spiro atoms. The number of ether oxygens (including phenoxy) is 1. The minimum absolute atomic E-state index is 0.0722. The van der Waals surface area contributed by atoms with Gasteiger partial charge in [0.2, 0.25) is 0 Å². The van der Waals surface area contributed by atoms with Crippen LogP contribution in [0.4, 0.5) is 18.9 Å². The number of anilines is 1. The summed E-state index contributed by atoms with van der Waals surface area (Å²) in [4.78, 5) is 8.44. The highest BCUT2D eigenvalue weighted by molar-refractivity contribution is 7.18. The molecule has 0 saturated carbocycles. The van der Waals surface area contributed by atoms with Crippen molar-refractivity contribution >= 4 is 27.4 Å². The van der Waals surface area contributed by atoms with Crippen LogP contribution < -0.4 is 5.73 Å². The van der Waals surface area contributed by atoms with E-state index >= 15 is 0 Å². The predicted molar refractivity (Wildman–Crippen MR) is 62.4 cm³/mol. The molecule has 0 radical (unpaired) electrons.